The molecule has 1 aliphatic carbocycles. The zero-order chi connectivity index (χ0) is 29.6. The van der Waals surface area contributed by atoms with Crippen molar-refractivity contribution in [2.45, 2.75) is 75.3 Å². The van der Waals surface area contributed by atoms with Gasteiger partial charge >= 0.3 is 13.7 Å². The van der Waals surface area contributed by atoms with Crippen LogP contribution in [0.4, 0.5) is 4.39 Å². The fourth-order valence-corrected chi connectivity index (χ4v) is 7.16. The molecule has 2 fully saturated rings. The molecule has 1 saturated heterocycles. The lowest BCUT2D eigenvalue weighted by Gasteiger charge is -2.32. The first-order valence-corrected chi connectivity index (χ1v) is 15.8. The topological polar surface area (TPSA) is 141 Å². The van der Waals surface area contributed by atoms with Crippen molar-refractivity contribution in [1.29, 1.82) is 0 Å². The number of methoxy groups -OCH3 is 1. The quantitative estimate of drug-likeness (QED) is 0.277. The molecule has 0 radical (unpaired) electrons. The Hall–Kier alpha value is -2.41. The van der Waals surface area contributed by atoms with Gasteiger partial charge in [0.05, 0.1) is 19.8 Å². The lowest BCUT2D eigenvalue weighted by Crippen LogP contribution is -2.50. The van der Waals surface area contributed by atoms with Crippen LogP contribution in [0.1, 0.15) is 51.4 Å². The number of hydrogen-bond donors (Lipinski definition) is 2. The number of aliphatic hydroxyl groups is 1. The number of esters is 1. The highest BCUT2D eigenvalue weighted by molar-refractivity contribution is 9.11. The van der Waals surface area contributed by atoms with Crippen LogP contribution in [0.5, 0.6) is 5.75 Å². The van der Waals surface area contributed by atoms with Crippen molar-refractivity contribution in [3.8, 4) is 5.75 Å². The monoisotopic (exact) mass is 658 g/mol. The summed E-state index contributed by atoms with van der Waals surface area (Å²) in [5, 5.41) is 13.5. The Morgan fingerprint density at radius 1 is 1.24 bits per heavy atom. The van der Waals surface area contributed by atoms with E-state index >= 15 is 0 Å². The molecule has 4 atom stereocenters. The highest BCUT2D eigenvalue weighted by Gasteiger charge is 2.49. The Kier molecular flexibility index (Phi) is 10.5. The summed E-state index contributed by atoms with van der Waals surface area (Å²) < 4.78 is 49.9. The minimum Gasteiger partial charge on any atom is -0.468 e. The van der Waals surface area contributed by atoms with E-state index in [1.807, 2.05) is 0 Å². The van der Waals surface area contributed by atoms with Crippen LogP contribution < -0.4 is 9.61 Å². The molecule has 1 aromatic rings. The summed E-state index contributed by atoms with van der Waals surface area (Å²) in [6.07, 6.45) is 2.67. The number of ether oxygens (including phenoxy) is 2. The number of carbonyl (C=O) groups is 3. The van der Waals surface area contributed by atoms with E-state index in [0.29, 0.717) is 37.7 Å². The third-order valence-corrected chi connectivity index (χ3v) is 9.18. The van der Waals surface area contributed by atoms with E-state index in [-0.39, 0.29) is 36.7 Å². The molecule has 2 aliphatic heterocycles. The molecule has 0 aromatic heterocycles. The van der Waals surface area contributed by atoms with Crippen LogP contribution in [0.2, 0.25) is 0 Å². The second-order valence-corrected chi connectivity index (χ2v) is 12.3. The number of hydrogen-bond acceptors (Lipinski definition) is 9. The van der Waals surface area contributed by atoms with E-state index in [1.54, 1.807) is 0 Å². The predicted octanol–water partition coefficient (Wildman–Crippen LogP) is 4.25. The van der Waals surface area contributed by atoms with Crippen LogP contribution in [0.15, 0.2) is 47.1 Å². The van der Waals surface area contributed by atoms with Gasteiger partial charge in [-0.3, -0.25) is 23.8 Å². The Balaban J connectivity index is 1.53. The molecule has 224 valence electrons. The zero-order valence-corrected chi connectivity index (χ0v) is 25.0. The van der Waals surface area contributed by atoms with E-state index in [2.05, 4.69) is 21.0 Å². The SMILES string of the molecule is COC(=O)C1(NP(=O)(OC[C@H]2O[C@@H](N3/C=C(/C=C/Br)C(=O)CCCC3=O)CC2O)Oc2ccc(F)cc2)CCCC1. The van der Waals surface area contributed by atoms with Crippen LogP contribution >= 0.6 is 23.7 Å². The van der Waals surface area contributed by atoms with Crippen molar-refractivity contribution in [2.75, 3.05) is 13.7 Å². The Bertz CT molecular complexity index is 1240. The molecule has 2 N–H and O–H groups in total. The molecule has 1 amide bonds. The number of allylic oxidation sites excluding steroid dienone is 2. The first kappa shape index (κ1) is 31.5. The number of carbonyl (C=O) groups excluding carboxylic acids is 3. The van der Waals surface area contributed by atoms with Gasteiger partial charge in [-0.2, -0.15) is 5.09 Å². The van der Waals surface area contributed by atoms with Crippen molar-refractivity contribution in [1.82, 2.24) is 9.99 Å². The summed E-state index contributed by atoms with van der Waals surface area (Å²) >= 11 is 3.15. The van der Waals surface area contributed by atoms with E-state index in [9.17, 15) is 28.4 Å². The van der Waals surface area contributed by atoms with Crippen molar-refractivity contribution in [2.24, 2.45) is 0 Å². The zero-order valence-electron chi connectivity index (χ0n) is 22.5. The van der Waals surface area contributed by atoms with Gasteiger partial charge in [0.1, 0.15) is 29.4 Å². The molecule has 14 heteroatoms. The van der Waals surface area contributed by atoms with Crippen LogP contribution in [0, 0.1) is 5.82 Å². The number of rotatable bonds is 10. The third-order valence-electron chi connectivity index (χ3n) is 7.27. The normalized spacial score (nSPS) is 27.7. The number of nitrogens with zero attached hydrogens (tertiary/aromatic N) is 1. The number of nitrogens with one attached hydrogen (secondary N) is 1. The summed E-state index contributed by atoms with van der Waals surface area (Å²) in [6, 6.07) is 4.78. The molecule has 2 heterocycles. The van der Waals surface area contributed by atoms with Crippen LogP contribution in [-0.4, -0.2) is 65.4 Å². The molecule has 41 heavy (non-hydrogen) atoms. The van der Waals surface area contributed by atoms with Crippen molar-refractivity contribution >= 4 is 41.3 Å². The van der Waals surface area contributed by atoms with E-state index in [0.717, 1.165) is 12.1 Å². The minimum absolute atomic E-state index is 0.0123. The van der Waals surface area contributed by atoms with Gasteiger partial charge < -0.3 is 19.1 Å². The first-order chi connectivity index (χ1) is 19.6. The number of benzene rings is 1. The Morgan fingerprint density at radius 2 is 1.95 bits per heavy atom. The van der Waals surface area contributed by atoms with Crippen LogP contribution in [-0.2, 0) is 32.9 Å². The van der Waals surface area contributed by atoms with Crippen molar-refractivity contribution in [3.05, 3.63) is 52.9 Å². The molecule has 0 spiro atoms. The first-order valence-electron chi connectivity index (χ1n) is 13.3. The van der Waals surface area contributed by atoms with E-state index in [4.69, 9.17) is 18.5 Å². The maximum absolute atomic E-state index is 14.1. The summed E-state index contributed by atoms with van der Waals surface area (Å²) in [6.45, 7) is -0.431. The molecular formula is C27H33BrFN2O9P. The standard InChI is InChI=1S/C27H33BrFN2O9P/c1-37-26(35)27(12-2-3-13-27)30-41(36,40-20-9-7-19(29)8-10-20)38-17-23-22(33)15-25(39-23)31-16-18(11-14-28)21(32)5-4-6-24(31)34/h7-11,14,16,22-23,25,33H,2-6,12-13,15,17H2,1H3,(H,30,36)/b14-11+,18-16-/t22?,23-,25-,41?/m1/s1. The average molecular weight is 659 g/mol. The highest BCUT2D eigenvalue weighted by atomic mass is 79.9. The van der Waals surface area contributed by atoms with Crippen molar-refractivity contribution in [3.63, 3.8) is 0 Å². The molecule has 2 unspecified atom stereocenters. The molecule has 4 rings (SSSR count). The molecule has 3 aliphatic rings. The summed E-state index contributed by atoms with van der Waals surface area (Å²) in [4.78, 5) is 40.9. The second-order valence-electron chi connectivity index (χ2n) is 10.1. The van der Waals surface area contributed by atoms with Crippen LogP contribution in [0.25, 0.3) is 0 Å². The molecule has 1 aromatic carbocycles. The van der Waals surface area contributed by atoms with Gasteiger partial charge in [0.25, 0.3) is 0 Å². The maximum atomic E-state index is 14.1. The van der Waals surface area contributed by atoms with E-state index < -0.39 is 50.1 Å². The summed E-state index contributed by atoms with van der Waals surface area (Å²) in [5.41, 5.74) is -1.02. The van der Waals surface area contributed by atoms with Gasteiger partial charge in [-0.05, 0) is 54.6 Å². The van der Waals surface area contributed by atoms with Gasteiger partial charge in [-0.25, -0.2) is 8.96 Å². The maximum Gasteiger partial charge on any atom is 0.459 e. The predicted molar refractivity (Wildman–Crippen MR) is 148 cm³/mol. The lowest BCUT2D eigenvalue weighted by molar-refractivity contribution is -0.147. The number of halogens is 2. The number of ketones is 1. The smallest absolute Gasteiger partial charge is 0.459 e. The molecule has 1 saturated carbocycles. The van der Waals surface area contributed by atoms with Gasteiger partial charge in [0.2, 0.25) is 5.91 Å². The van der Waals surface area contributed by atoms with E-state index in [1.165, 1.54) is 41.4 Å². The van der Waals surface area contributed by atoms with Gasteiger partial charge in [0.15, 0.2) is 5.78 Å². The van der Waals surface area contributed by atoms with Crippen LogP contribution in [0.3, 0.4) is 0 Å². The highest BCUT2D eigenvalue weighted by Crippen LogP contribution is 2.50. The Morgan fingerprint density at radius 3 is 2.61 bits per heavy atom. The van der Waals surface area contributed by atoms with Gasteiger partial charge in [-0.1, -0.05) is 28.8 Å². The molecule has 11 nitrogen and oxygen atoms in total. The lowest BCUT2D eigenvalue weighted by atomic mass is 10.00. The summed E-state index contributed by atoms with van der Waals surface area (Å²) in [7, 11) is -3.11. The fourth-order valence-electron chi connectivity index (χ4n) is 5.14. The average Bonchev–Trinajstić information content (AvgIpc) is 3.56. The number of Topliss-reactive ketones (excluding diaryl/α,β-unsaturated/α-hetero) is 1. The largest absolute Gasteiger partial charge is 0.468 e. The fraction of sp³-hybridized carbons (Fsp3) is 0.519. The number of aliphatic hydroxyl groups excluding tert-OH is 1. The number of amides is 1. The molecule has 0 bridgehead atoms. The summed E-state index contributed by atoms with van der Waals surface area (Å²) in [5.74, 6) is -1.53. The second kappa shape index (κ2) is 13.7. The van der Waals surface area contributed by atoms with Gasteiger partial charge in [0, 0.05) is 31.0 Å². The Labute approximate surface area is 245 Å². The van der Waals surface area contributed by atoms with Gasteiger partial charge in [-0.15, -0.1) is 0 Å². The minimum atomic E-state index is -4.34. The third kappa shape index (κ3) is 7.71. The van der Waals surface area contributed by atoms with Crippen molar-refractivity contribution < 1.29 is 47.0 Å². The molecular weight excluding hydrogens is 626 g/mol.